The summed E-state index contributed by atoms with van der Waals surface area (Å²) in [4.78, 5) is 0. The first-order valence-electron chi connectivity index (χ1n) is 4.88. The molecule has 1 saturated heterocycles. The minimum Gasteiger partial charge on any atom is -0.385 e. The number of ether oxygens (including phenoxy) is 3. The molecule has 4 heteroatoms. The zero-order chi connectivity index (χ0) is 11.5. The third-order valence-corrected chi connectivity index (χ3v) is 2.27. The van der Waals surface area contributed by atoms with E-state index in [1.807, 2.05) is 13.8 Å². The minimum absolute atomic E-state index is 0.297. The van der Waals surface area contributed by atoms with Gasteiger partial charge in [0.15, 0.2) is 5.79 Å². The van der Waals surface area contributed by atoms with E-state index >= 15 is 0 Å². The lowest BCUT2D eigenvalue weighted by atomic mass is 10.1. The third-order valence-electron chi connectivity index (χ3n) is 2.27. The van der Waals surface area contributed by atoms with Crippen LogP contribution in [0.2, 0.25) is 0 Å². The Balaban J connectivity index is 2.61. The van der Waals surface area contributed by atoms with E-state index in [0.717, 1.165) is 0 Å². The highest BCUT2D eigenvalue weighted by Gasteiger charge is 2.37. The second kappa shape index (κ2) is 4.92. The van der Waals surface area contributed by atoms with Crippen LogP contribution in [0.5, 0.6) is 0 Å². The minimum atomic E-state index is -0.774. The zero-order valence-corrected chi connectivity index (χ0v) is 9.45. The molecule has 0 spiro atoms. The van der Waals surface area contributed by atoms with Crippen molar-refractivity contribution in [3.8, 4) is 0 Å². The first kappa shape index (κ1) is 12.4. The normalized spacial score (nSPS) is 26.0. The van der Waals surface area contributed by atoms with Crippen molar-refractivity contribution in [2.24, 2.45) is 0 Å². The molecular weight excluding hydrogens is 196 g/mol. The summed E-state index contributed by atoms with van der Waals surface area (Å²) in [6.45, 7) is 7.80. The topological polar surface area (TPSA) is 47.9 Å². The molecule has 1 N–H and O–H groups in total. The number of methoxy groups -OCH3 is 1. The molecule has 0 saturated carbocycles. The van der Waals surface area contributed by atoms with Gasteiger partial charge in [0.25, 0.3) is 0 Å². The van der Waals surface area contributed by atoms with E-state index < -0.39 is 11.9 Å². The van der Waals surface area contributed by atoms with Crippen LogP contribution in [0.15, 0.2) is 17.9 Å². The van der Waals surface area contributed by atoms with Crippen LogP contribution in [0.25, 0.3) is 0 Å². The van der Waals surface area contributed by atoms with E-state index in [1.54, 1.807) is 7.11 Å². The predicted molar refractivity (Wildman–Crippen MR) is 55.4 cm³/mol. The largest absolute Gasteiger partial charge is 0.385 e. The maximum atomic E-state index is 9.95. The van der Waals surface area contributed by atoms with Crippen LogP contribution in [0.1, 0.15) is 13.8 Å². The summed E-state index contributed by atoms with van der Waals surface area (Å²) < 4.78 is 15.8. The molecule has 4 nitrogen and oxygen atoms in total. The quantitative estimate of drug-likeness (QED) is 0.705. The number of rotatable bonds is 4. The molecule has 0 aromatic carbocycles. The van der Waals surface area contributed by atoms with Gasteiger partial charge in [0.05, 0.1) is 13.2 Å². The molecule has 15 heavy (non-hydrogen) atoms. The maximum Gasteiger partial charge on any atom is 0.163 e. The Bertz CT molecular complexity index is 266. The fraction of sp³-hybridized carbons (Fsp3) is 0.727. The molecule has 0 amide bonds. The highest BCUT2D eigenvalue weighted by Crippen LogP contribution is 2.26. The van der Waals surface area contributed by atoms with Crippen molar-refractivity contribution in [1.82, 2.24) is 0 Å². The molecule has 0 aliphatic carbocycles. The number of aliphatic hydroxyl groups excluding tert-OH is 1. The van der Waals surface area contributed by atoms with E-state index in [1.165, 1.54) is 0 Å². The van der Waals surface area contributed by atoms with E-state index in [0.29, 0.717) is 18.8 Å². The molecule has 2 atom stereocenters. The van der Waals surface area contributed by atoms with Gasteiger partial charge >= 0.3 is 0 Å². The molecule has 0 unspecified atom stereocenters. The van der Waals surface area contributed by atoms with Crippen LogP contribution >= 0.6 is 0 Å². The molecule has 0 radical (unpaired) electrons. The lowest BCUT2D eigenvalue weighted by molar-refractivity contribution is -0.148. The van der Waals surface area contributed by atoms with Crippen LogP contribution < -0.4 is 0 Å². The predicted octanol–water partition coefficient (Wildman–Crippen LogP) is 0.857. The molecule has 0 aromatic heterocycles. The lowest BCUT2D eigenvalue weighted by Gasteiger charge is -2.21. The van der Waals surface area contributed by atoms with E-state index in [2.05, 4.69) is 12.3 Å². The fourth-order valence-electron chi connectivity index (χ4n) is 1.49. The molecule has 1 aliphatic rings. The highest BCUT2D eigenvalue weighted by molar-refractivity contribution is 5.09. The van der Waals surface area contributed by atoms with Gasteiger partial charge in [-0.1, -0.05) is 6.58 Å². The van der Waals surface area contributed by atoms with Gasteiger partial charge in [0.2, 0.25) is 0 Å². The second-order valence-corrected chi connectivity index (χ2v) is 3.95. The van der Waals surface area contributed by atoms with Crippen LogP contribution in [-0.4, -0.2) is 43.4 Å². The Morgan fingerprint density at radius 1 is 1.73 bits per heavy atom. The first-order valence-corrected chi connectivity index (χ1v) is 4.88. The molecular formula is C11H18O4. The van der Waals surface area contributed by atoms with Crippen molar-refractivity contribution in [2.45, 2.75) is 31.8 Å². The van der Waals surface area contributed by atoms with Gasteiger partial charge in [0, 0.05) is 12.7 Å². The van der Waals surface area contributed by atoms with Crippen molar-refractivity contribution in [1.29, 1.82) is 0 Å². The van der Waals surface area contributed by atoms with Crippen molar-refractivity contribution in [3.05, 3.63) is 17.9 Å². The van der Waals surface area contributed by atoms with Crippen molar-refractivity contribution < 1.29 is 19.3 Å². The summed E-state index contributed by atoms with van der Waals surface area (Å²) in [5, 5.41) is 9.95. The Hall–Kier alpha value is -0.640. The monoisotopic (exact) mass is 214 g/mol. The molecule has 86 valence electrons. The van der Waals surface area contributed by atoms with E-state index in [4.69, 9.17) is 14.2 Å². The van der Waals surface area contributed by atoms with Gasteiger partial charge in [-0.25, -0.2) is 0 Å². The number of hydrogen-bond acceptors (Lipinski definition) is 4. The second-order valence-electron chi connectivity index (χ2n) is 3.95. The fourth-order valence-corrected chi connectivity index (χ4v) is 1.49. The standard InChI is InChI=1S/C11H18O4/c1-5-8(6-13-4)10(12)9-7-14-11(2,3)15-9/h9-10,12H,1,6-7H2,2-4H3/t9-,10+/m1/s1. The zero-order valence-electron chi connectivity index (χ0n) is 9.45. The third kappa shape index (κ3) is 3.16. The molecule has 1 aliphatic heterocycles. The average molecular weight is 214 g/mol. The maximum absolute atomic E-state index is 9.95. The summed E-state index contributed by atoms with van der Waals surface area (Å²) in [6.07, 6.45) is -1.15. The summed E-state index contributed by atoms with van der Waals surface area (Å²) in [5.41, 5.74) is 3.25. The summed E-state index contributed by atoms with van der Waals surface area (Å²) >= 11 is 0. The summed E-state index contributed by atoms with van der Waals surface area (Å²) in [5.74, 6) is -0.634. The highest BCUT2D eigenvalue weighted by atomic mass is 16.7. The van der Waals surface area contributed by atoms with Crippen molar-refractivity contribution in [2.75, 3.05) is 20.3 Å². The summed E-state index contributed by atoms with van der Waals surface area (Å²) in [6, 6.07) is 0. The van der Waals surface area contributed by atoms with Crippen molar-refractivity contribution >= 4 is 0 Å². The van der Waals surface area contributed by atoms with Crippen molar-refractivity contribution in [3.63, 3.8) is 0 Å². The number of hydrogen-bond donors (Lipinski definition) is 1. The molecule has 1 rings (SSSR count). The Morgan fingerprint density at radius 2 is 2.40 bits per heavy atom. The smallest absolute Gasteiger partial charge is 0.163 e. The molecule has 0 aromatic rings. The average Bonchev–Trinajstić information content (AvgIpc) is 2.54. The van der Waals surface area contributed by atoms with Crippen LogP contribution in [-0.2, 0) is 14.2 Å². The van der Waals surface area contributed by atoms with Gasteiger partial charge in [-0.15, -0.1) is 5.73 Å². The van der Waals surface area contributed by atoms with Gasteiger partial charge in [-0.3, -0.25) is 0 Å². The lowest BCUT2D eigenvalue weighted by Crippen LogP contribution is -2.33. The Kier molecular flexibility index (Phi) is 4.08. The van der Waals surface area contributed by atoms with Crippen LogP contribution in [0, 0.1) is 0 Å². The number of aliphatic hydroxyl groups is 1. The van der Waals surface area contributed by atoms with Crippen LogP contribution in [0.4, 0.5) is 0 Å². The summed E-state index contributed by atoms with van der Waals surface area (Å²) in [7, 11) is 1.56. The van der Waals surface area contributed by atoms with Gasteiger partial charge < -0.3 is 19.3 Å². The molecule has 0 bridgehead atoms. The molecule has 1 fully saturated rings. The SMILES string of the molecule is C=C=C(COC)[C@H](O)[C@H]1COC(C)(C)O1. The Morgan fingerprint density at radius 3 is 2.80 bits per heavy atom. The van der Waals surface area contributed by atoms with E-state index in [-0.39, 0.29) is 6.10 Å². The van der Waals surface area contributed by atoms with Gasteiger partial charge in [0.1, 0.15) is 12.2 Å². The Labute approximate surface area is 90.1 Å². The first-order chi connectivity index (χ1) is 7.00. The molecule has 1 heterocycles. The van der Waals surface area contributed by atoms with Gasteiger partial charge in [-0.05, 0) is 13.8 Å². The van der Waals surface area contributed by atoms with Gasteiger partial charge in [-0.2, -0.15) is 0 Å². The van der Waals surface area contributed by atoms with Crippen LogP contribution in [0.3, 0.4) is 0 Å². The van der Waals surface area contributed by atoms with E-state index in [9.17, 15) is 5.11 Å².